The summed E-state index contributed by atoms with van der Waals surface area (Å²) in [6, 6.07) is 2.97. The van der Waals surface area contributed by atoms with Gasteiger partial charge in [-0.3, -0.25) is 4.79 Å². The summed E-state index contributed by atoms with van der Waals surface area (Å²) in [5, 5.41) is 3.06. The van der Waals surface area contributed by atoms with E-state index in [2.05, 4.69) is 5.32 Å². The Morgan fingerprint density at radius 2 is 2.19 bits per heavy atom. The molecule has 0 radical (unpaired) electrons. The number of carbonyl (C=O) groups excluding carboxylic acids is 1. The van der Waals surface area contributed by atoms with Crippen LogP contribution < -0.4 is 5.32 Å². The number of benzene rings is 1. The van der Waals surface area contributed by atoms with E-state index in [0.717, 1.165) is 24.4 Å². The summed E-state index contributed by atoms with van der Waals surface area (Å²) >= 11 is 1.68. The summed E-state index contributed by atoms with van der Waals surface area (Å²) in [7, 11) is 0. The predicted molar refractivity (Wildman–Crippen MR) is 59.8 cm³/mol. The minimum absolute atomic E-state index is 0.175. The fraction of sp³-hybridized carbons (Fsp3) is 0.364. The summed E-state index contributed by atoms with van der Waals surface area (Å²) in [6.07, 6.45) is 0. The Balaban J connectivity index is 2.16. The molecule has 0 spiro atoms. The van der Waals surface area contributed by atoms with E-state index in [9.17, 15) is 13.6 Å². The lowest BCUT2D eigenvalue weighted by molar-refractivity contribution is 0.0952. The molecular weight excluding hydrogens is 232 g/mol. The van der Waals surface area contributed by atoms with Gasteiger partial charge in [0.25, 0.3) is 0 Å². The third-order valence-corrected chi connectivity index (χ3v) is 3.50. The van der Waals surface area contributed by atoms with Crippen LogP contribution >= 0.6 is 11.8 Å². The lowest BCUT2D eigenvalue weighted by Crippen LogP contribution is -2.43. The first-order valence-electron chi connectivity index (χ1n) is 4.99. The van der Waals surface area contributed by atoms with Crippen LogP contribution in [0.1, 0.15) is 10.4 Å². The average Bonchev–Trinajstić information content (AvgIpc) is 2.33. The molecule has 16 heavy (non-hydrogen) atoms. The molecular formula is C11H11F2NOS. The first kappa shape index (κ1) is 11.5. The molecule has 1 saturated heterocycles. The fourth-order valence-electron chi connectivity index (χ4n) is 1.58. The van der Waals surface area contributed by atoms with Gasteiger partial charge in [0.2, 0.25) is 0 Å². The van der Waals surface area contributed by atoms with Gasteiger partial charge in [-0.25, -0.2) is 8.78 Å². The van der Waals surface area contributed by atoms with Crippen molar-refractivity contribution in [2.75, 3.05) is 18.1 Å². The van der Waals surface area contributed by atoms with Crippen LogP contribution in [0.4, 0.5) is 8.78 Å². The summed E-state index contributed by atoms with van der Waals surface area (Å²) in [5.74, 6) is -0.428. The van der Waals surface area contributed by atoms with Crippen molar-refractivity contribution in [1.82, 2.24) is 5.32 Å². The summed E-state index contributed by atoms with van der Waals surface area (Å²) in [6.45, 7) is 0.769. The van der Waals surface area contributed by atoms with Gasteiger partial charge >= 0.3 is 0 Å². The predicted octanol–water partition coefficient (Wildman–Crippen LogP) is 1.85. The molecule has 1 heterocycles. The van der Waals surface area contributed by atoms with Crippen LogP contribution in [0.5, 0.6) is 0 Å². The first-order chi connectivity index (χ1) is 7.68. The van der Waals surface area contributed by atoms with E-state index < -0.39 is 11.6 Å². The van der Waals surface area contributed by atoms with Crippen molar-refractivity contribution in [2.45, 2.75) is 6.04 Å². The zero-order valence-corrected chi connectivity index (χ0v) is 9.32. The third kappa shape index (κ3) is 2.41. The van der Waals surface area contributed by atoms with Crippen molar-refractivity contribution in [1.29, 1.82) is 0 Å². The molecule has 1 unspecified atom stereocenters. The molecule has 1 aliphatic heterocycles. The number of carbonyl (C=O) groups is 1. The van der Waals surface area contributed by atoms with Crippen molar-refractivity contribution in [3.63, 3.8) is 0 Å². The average molecular weight is 243 g/mol. The minimum atomic E-state index is -0.977. The van der Waals surface area contributed by atoms with E-state index in [-0.39, 0.29) is 17.4 Å². The Bertz CT molecular complexity index is 405. The second kappa shape index (κ2) is 4.93. The van der Waals surface area contributed by atoms with Crippen LogP contribution in [0, 0.1) is 11.6 Å². The van der Waals surface area contributed by atoms with Crippen molar-refractivity contribution in [3.05, 3.63) is 35.4 Å². The second-order valence-electron chi connectivity index (χ2n) is 3.57. The van der Waals surface area contributed by atoms with Gasteiger partial charge in [-0.15, -0.1) is 0 Å². The molecule has 1 atom stereocenters. The zero-order valence-electron chi connectivity index (χ0n) is 8.50. The van der Waals surface area contributed by atoms with E-state index >= 15 is 0 Å². The highest BCUT2D eigenvalue weighted by molar-refractivity contribution is 7.99. The van der Waals surface area contributed by atoms with Crippen molar-refractivity contribution in [3.8, 4) is 0 Å². The molecule has 1 aromatic carbocycles. The number of halogens is 2. The van der Waals surface area contributed by atoms with Crippen LogP contribution in [-0.2, 0) is 0 Å². The van der Waals surface area contributed by atoms with Gasteiger partial charge < -0.3 is 5.32 Å². The monoisotopic (exact) mass is 243 g/mol. The fourth-order valence-corrected chi connectivity index (χ4v) is 2.52. The van der Waals surface area contributed by atoms with Gasteiger partial charge in [-0.1, -0.05) is 0 Å². The molecule has 1 N–H and O–H groups in total. The number of Topliss-reactive ketones (excluding diaryl/α,β-unsaturated/α-hetero) is 1. The highest BCUT2D eigenvalue weighted by Crippen LogP contribution is 2.15. The maximum absolute atomic E-state index is 13.0. The zero-order chi connectivity index (χ0) is 11.5. The van der Waals surface area contributed by atoms with Gasteiger partial charge in [-0.2, -0.15) is 11.8 Å². The molecule has 0 amide bonds. The van der Waals surface area contributed by atoms with Gasteiger partial charge in [-0.05, 0) is 18.2 Å². The van der Waals surface area contributed by atoms with Crippen LogP contribution in [0.3, 0.4) is 0 Å². The molecule has 0 aromatic heterocycles. The van der Waals surface area contributed by atoms with Crippen LogP contribution in [0.2, 0.25) is 0 Å². The summed E-state index contributed by atoms with van der Waals surface area (Å²) < 4.78 is 25.7. The number of ketones is 1. The van der Waals surface area contributed by atoms with Crippen LogP contribution in [-0.4, -0.2) is 29.9 Å². The highest BCUT2D eigenvalue weighted by atomic mass is 32.2. The number of hydrogen-bond acceptors (Lipinski definition) is 3. The Morgan fingerprint density at radius 3 is 2.81 bits per heavy atom. The highest BCUT2D eigenvalue weighted by Gasteiger charge is 2.22. The van der Waals surface area contributed by atoms with Crippen LogP contribution in [0.25, 0.3) is 0 Å². The normalized spacial score (nSPS) is 20.8. The third-order valence-electron chi connectivity index (χ3n) is 2.44. The number of hydrogen-bond donors (Lipinski definition) is 1. The molecule has 2 nitrogen and oxygen atoms in total. The minimum Gasteiger partial charge on any atom is -0.306 e. The summed E-state index contributed by atoms with van der Waals surface area (Å²) in [5.41, 5.74) is 0.221. The Labute approximate surface area is 96.4 Å². The van der Waals surface area contributed by atoms with E-state index in [0.29, 0.717) is 5.75 Å². The topological polar surface area (TPSA) is 29.1 Å². The molecule has 86 valence electrons. The van der Waals surface area contributed by atoms with E-state index in [4.69, 9.17) is 0 Å². The molecule has 2 rings (SSSR count). The smallest absolute Gasteiger partial charge is 0.180 e. The summed E-state index contributed by atoms with van der Waals surface area (Å²) in [4.78, 5) is 11.9. The largest absolute Gasteiger partial charge is 0.306 e. The van der Waals surface area contributed by atoms with E-state index in [1.54, 1.807) is 11.8 Å². The number of nitrogens with one attached hydrogen (secondary N) is 1. The molecule has 1 fully saturated rings. The Morgan fingerprint density at radius 1 is 1.38 bits per heavy atom. The maximum Gasteiger partial charge on any atom is 0.180 e. The molecule has 0 saturated carbocycles. The Kier molecular flexibility index (Phi) is 3.56. The maximum atomic E-state index is 13.0. The lowest BCUT2D eigenvalue weighted by atomic mass is 10.1. The van der Waals surface area contributed by atoms with Crippen molar-refractivity contribution >= 4 is 17.5 Å². The van der Waals surface area contributed by atoms with Gasteiger partial charge in [0, 0.05) is 23.6 Å². The lowest BCUT2D eigenvalue weighted by Gasteiger charge is -2.21. The van der Waals surface area contributed by atoms with Gasteiger partial charge in [0.15, 0.2) is 17.4 Å². The second-order valence-corrected chi connectivity index (χ2v) is 4.72. The van der Waals surface area contributed by atoms with E-state index in [1.165, 1.54) is 6.07 Å². The van der Waals surface area contributed by atoms with E-state index in [1.807, 2.05) is 0 Å². The number of rotatable bonds is 2. The molecule has 0 aliphatic carbocycles. The van der Waals surface area contributed by atoms with Crippen molar-refractivity contribution < 1.29 is 13.6 Å². The quantitative estimate of drug-likeness (QED) is 0.804. The molecule has 0 bridgehead atoms. The molecule has 5 heteroatoms. The molecule has 1 aromatic rings. The first-order valence-corrected chi connectivity index (χ1v) is 6.14. The number of thioether (sulfide) groups is 1. The molecule has 1 aliphatic rings. The Hall–Kier alpha value is -0.940. The van der Waals surface area contributed by atoms with Crippen LogP contribution in [0.15, 0.2) is 18.2 Å². The van der Waals surface area contributed by atoms with Gasteiger partial charge in [0.1, 0.15) is 0 Å². The SMILES string of the molecule is O=C(c1ccc(F)c(F)c1)C1CSCCN1. The van der Waals surface area contributed by atoms with Crippen molar-refractivity contribution in [2.24, 2.45) is 0 Å². The standard InChI is InChI=1S/C11H11F2NOS/c12-8-2-1-7(5-9(8)13)11(15)10-6-16-4-3-14-10/h1-2,5,10,14H,3-4,6H2. The van der Waals surface area contributed by atoms with Gasteiger partial charge in [0.05, 0.1) is 6.04 Å².